The second-order valence-electron chi connectivity index (χ2n) is 4.17. The van der Waals surface area contributed by atoms with Gasteiger partial charge in [0.2, 0.25) is 0 Å². The lowest BCUT2D eigenvalue weighted by Crippen LogP contribution is -2.36. The van der Waals surface area contributed by atoms with Gasteiger partial charge in [-0.1, -0.05) is 25.6 Å². The first-order valence-corrected chi connectivity index (χ1v) is 7.82. The molecule has 0 aromatic heterocycles. The van der Waals surface area contributed by atoms with Crippen molar-refractivity contribution in [1.82, 2.24) is 5.32 Å². The van der Waals surface area contributed by atoms with Gasteiger partial charge in [0.25, 0.3) is 0 Å². The number of nitrogens with one attached hydrogen (secondary N) is 1. The second-order valence-corrected chi connectivity index (χ2v) is 6.50. The van der Waals surface area contributed by atoms with E-state index in [4.69, 9.17) is 0 Å². The van der Waals surface area contributed by atoms with Gasteiger partial charge in [-0.25, -0.2) is 0 Å². The van der Waals surface area contributed by atoms with E-state index in [1.165, 1.54) is 17.3 Å². The molecule has 3 atom stereocenters. The summed E-state index contributed by atoms with van der Waals surface area (Å²) in [7, 11) is 0. The van der Waals surface area contributed by atoms with Gasteiger partial charge >= 0.3 is 0 Å². The van der Waals surface area contributed by atoms with Gasteiger partial charge in [0.05, 0.1) is 6.04 Å². The molecule has 0 aromatic rings. The Bertz CT molecular complexity index is 219. The highest BCUT2D eigenvalue weighted by atomic mass is 32.2. The molecular weight excluding hydrogens is 224 g/mol. The van der Waals surface area contributed by atoms with E-state index < -0.39 is 0 Å². The van der Waals surface area contributed by atoms with E-state index in [9.17, 15) is 0 Å². The van der Waals surface area contributed by atoms with E-state index >= 15 is 0 Å². The summed E-state index contributed by atoms with van der Waals surface area (Å²) in [5, 5.41) is 4.64. The summed E-state index contributed by atoms with van der Waals surface area (Å²) in [6, 6.07) is 1.00. The van der Waals surface area contributed by atoms with Crippen LogP contribution in [0.5, 0.6) is 0 Å². The van der Waals surface area contributed by atoms with Crippen molar-refractivity contribution in [3.8, 4) is 0 Å². The molecule has 1 N–H and O–H groups in total. The van der Waals surface area contributed by atoms with Gasteiger partial charge in [0.15, 0.2) is 5.17 Å². The number of hydrogen-bond acceptors (Lipinski definition) is 4. The summed E-state index contributed by atoms with van der Waals surface area (Å²) < 4.78 is 0. The van der Waals surface area contributed by atoms with Crippen LogP contribution in [0.15, 0.2) is 4.99 Å². The number of rotatable bonds is 4. The van der Waals surface area contributed by atoms with E-state index in [-0.39, 0.29) is 0 Å². The normalized spacial score (nSPS) is 28.4. The SMILES string of the molecule is CCSCC(C)NC1=NC(C)C(C)CS1. The van der Waals surface area contributed by atoms with Crippen molar-refractivity contribution >= 4 is 28.7 Å². The van der Waals surface area contributed by atoms with Gasteiger partial charge in [0.1, 0.15) is 0 Å². The van der Waals surface area contributed by atoms with Crippen molar-refractivity contribution in [3.05, 3.63) is 0 Å². The van der Waals surface area contributed by atoms with Crippen LogP contribution in [0, 0.1) is 5.92 Å². The largest absolute Gasteiger partial charge is 0.362 e. The summed E-state index contributed by atoms with van der Waals surface area (Å²) in [6.07, 6.45) is 0. The summed E-state index contributed by atoms with van der Waals surface area (Å²) in [5.74, 6) is 4.26. The molecule has 2 nitrogen and oxygen atoms in total. The van der Waals surface area contributed by atoms with E-state index in [2.05, 4.69) is 38.0 Å². The standard InChI is InChI=1S/C11H22N2S2/c1-5-14-7-9(3)12-11-13-10(4)8(2)6-15-11/h8-10H,5-7H2,1-4H3,(H,12,13). The van der Waals surface area contributed by atoms with Gasteiger partial charge in [-0.2, -0.15) is 11.8 Å². The van der Waals surface area contributed by atoms with Crippen LogP contribution in [0.25, 0.3) is 0 Å². The van der Waals surface area contributed by atoms with Crippen molar-refractivity contribution < 1.29 is 0 Å². The maximum atomic E-state index is 4.67. The second kappa shape index (κ2) is 6.69. The third-order valence-corrected chi connectivity index (χ3v) is 4.90. The Kier molecular flexibility index (Phi) is 5.90. The van der Waals surface area contributed by atoms with Crippen LogP contribution in [-0.2, 0) is 0 Å². The lowest BCUT2D eigenvalue weighted by molar-refractivity contribution is 0.532. The minimum Gasteiger partial charge on any atom is -0.362 e. The molecule has 0 aromatic carbocycles. The Morgan fingerprint density at radius 2 is 2.33 bits per heavy atom. The Morgan fingerprint density at radius 1 is 1.60 bits per heavy atom. The van der Waals surface area contributed by atoms with Crippen LogP contribution < -0.4 is 5.32 Å². The predicted octanol–water partition coefficient (Wildman–Crippen LogP) is 2.85. The molecule has 0 bridgehead atoms. The molecule has 3 unspecified atom stereocenters. The zero-order chi connectivity index (χ0) is 11.3. The summed E-state index contributed by atoms with van der Waals surface area (Å²) in [6.45, 7) is 8.91. The lowest BCUT2D eigenvalue weighted by Gasteiger charge is -2.25. The first-order chi connectivity index (χ1) is 7.13. The summed E-state index contributed by atoms with van der Waals surface area (Å²) in [4.78, 5) is 4.67. The van der Waals surface area contributed by atoms with Crippen LogP contribution in [-0.4, -0.2) is 34.5 Å². The molecule has 0 saturated carbocycles. The molecule has 0 fully saturated rings. The fraction of sp³-hybridized carbons (Fsp3) is 0.909. The van der Waals surface area contributed by atoms with E-state index in [0.29, 0.717) is 18.0 Å². The minimum atomic E-state index is 0.472. The highest BCUT2D eigenvalue weighted by Crippen LogP contribution is 2.21. The Morgan fingerprint density at radius 3 is 2.93 bits per heavy atom. The van der Waals surface area contributed by atoms with Crippen molar-refractivity contribution in [1.29, 1.82) is 0 Å². The third kappa shape index (κ3) is 4.68. The van der Waals surface area contributed by atoms with Gasteiger partial charge in [-0.15, -0.1) is 0 Å². The number of thioether (sulfide) groups is 2. The average molecular weight is 246 g/mol. The summed E-state index contributed by atoms with van der Waals surface area (Å²) >= 11 is 3.85. The van der Waals surface area contributed by atoms with E-state index in [1.54, 1.807) is 0 Å². The smallest absolute Gasteiger partial charge is 0.157 e. The molecule has 0 amide bonds. The zero-order valence-corrected chi connectivity index (χ0v) is 11.8. The topological polar surface area (TPSA) is 24.4 Å². The molecule has 88 valence electrons. The molecule has 1 heterocycles. The van der Waals surface area contributed by atoms with Gasteiger partial charge < -0.3 is 5.32 Å². The molecule has 0 radical (unpaired) electrons. The third-order valence-electron chi connectivity index (χ3n) is 2.57. The molecular formula is C11H22N2S2. The first-order valence-electron chi connectivity index (χ1n) is 5.68. The number of amidine groups is 1. The monoisotopic (exact) mass is 246 g/mol. The van der Waals surface area contributed by atoms with Crippen molar-refractivity contribution in [2.24, 2.45) is 10.9 Å². The van der Waals surface area contributed by atoms with Crippen molar-refractivity contribution in [2.75, 3.05) is 17.3 Å². The molecule has 0 aliphatic carbocycles. The van der Waals surface area contributed by atoms with Gasteiger partial charge in [-0.3, -0.25) is 4.99 Å². The van der Waals surface area contributed by atoms with Crippen LogP contribution in [0.3, 0.4) is 0 Å². The van der Waals surface area contributed by atoms with Crippen LogP contribution in [0.1, 0.15) is 27.7 Å². The molecule has 4 heteroatoms. The highest BCUT2D eigenvalue weighted by Gasteiger charge is 2.19. The quantitative estimate of drug-likeness (QED) is 0.825. The fourth-order valence-corrected chi connectivity index (χ4v) is 3.22. The van der Waals surface area contributed by atoms with Crippen molar-refractivity contribution in [3.63, 3.8) is 0 Å². The Hall–Kier alpha value is 0.170. The van der Waals surface area contributed by atoms with Gasteiger partial charge in [-0.05, 0) is 25.5 Å². The Labute approximate surface area is 102 Å². The van der Waals surface area contributed by atoms with E-state index in [1.807, 2.05) is 23.5 Å². The van der Waals surface area contributed by atoms with Crippen LogP contribution in [0.4, 0.5) is 0 Å². The number of nitrogens with zero attached hydrogens (tertiary/aromatic N) is 1. The summed E-state index contributed by atoms with van der Waals surface area (Å²) in [5.41, 5.74) is 0. The molecule has 0 spiro atoms. The maximum Gasteiger partial charge on any atom is 0.157 e. The van der Waals surface area contributed by atoms with Crippen LogP contribution >= 0.6 is 23.5 Å². The Balaban J connectivity index is 2.35. The predicted molar refractivity (Wildman–Crippen MR) is 74.1 cm³/mol. The molecule has 1 rings (SSSR count). The number of aliphatic imine (C=N–C) groups is 1. The molecule has 1 aliphatic heterocycles. The molecule has 15 heavy (non-hydrogen) atoms. The maximum absolute atomic E-state index is 4.67. The van der Waals surface area contributed by atoms with Crippen molar-refractivity contribution in [2.45, 2.75) is 39.8 Å². The van der Waals surface area contributed by atoms with E-state index in [0.717, 1.165) is 5.17 Å². The zero-order valence-electron chi connectivity index (χ0n) is 10.1. The number of hydrogen-bond donors (Lipinski definition) is 1. The lowest BCUT2D eigenvalue weighted by atomic mass is 10.1. The minimum absolute atomic E-state index is 0.472. The average Bonchev–Trinajstić information content (AvgIpc) is 2.20. The molecule has 1 aliphatic rings. The first kappa shape index (κ1) is 13.2. The molecule has 0 saturated heterocycles. The van der Waals surface area contributed by atoms with Crippen LogP contribution in [0.2, 0.25) is 0 Å². The fourth-order valence-electron chi connectivity index (χ4n) is 1.33. The highest BCUT2D eigenvalue weighted by molar-refractivity contribution is 8.13. The van der Waals surface area contributed by atoms with Gasteiger partial charge in [0, 0.05) is 17.5 Å².